The maximum atomic E-state index is 11.3. The first-order valence-corrected chi connectivity index (χ1v) is 7.53. The monoisotopic (exact) mass is 302 g/mol. The number of rotatable bonds is 6. The van der Waals surface area contributed by atoms with Gasteiger partial charge in [-0.25, -0.2) is 0 Å². The van der Waals surface area contributed by atoms with E-state index < -0.39 is 11.4 Å². The van der Waals surface area contributed by atoms with Gasteiger partial charge in [-0.3, -0.25) is 4.79 Å². The van der Waals surface area contributed by atoms with E-state index in [9.17, 15) is 9.90 Å². The van der Waals surface area contributed by atoms with Gasteiger partial charge in [0, 0.05) is 0 Å². The van der Waals surface area contributed by atoms with Crippen molar-refractivity contribution in [1.29, 1.82) is 0 Å². The zero-order chi connectivity index (χ0) is 16.2. The van der Waals surface area contributed by atoms with Crippen LogP contribution >= 0.6 is 0 Å². The number of terminal acetylenes is 1. The molecule has 0 aliphatic heterocycles. The molecule has 0 spiro atoms. The highest BCUT2D eigenvalue weighted by atomic mass is 16.5. The number of hydrogen-bond acceptors (Lipinski definition) is 3. The molecule has 0 bridgehead atoms. The number of hydrogen-bond donors (Lipinski definition) is 1. The molecule has 22 heavy (non-hydrogen) atoms. The summed E-state index contributed by atoms with van der Waals surface area (Å²) in [6.45, 7) is 1.55. The van der Waals surface area contributed by atoms with Gasteiger partial charge >= 0.3 is 5.97 Å². The van der Waals surface area contributed by atoms with Crippen LogP contribution in [0.5, 0.6) is 11.5 Å². The third-order valence-electron chi connectivity index (χ3n) is 4.17. The largest absolute Gasteiger partial charge is 0.493 e. The van der Waals surface area contributed by atoms with Crippen molar-refractivity contribution in [3.05, 3.63) is 23.8 Å². The number of aliphatic carboxylic acids is 1. The fraction of sp³-hybridized carbons (Fsp3) is 0.500. The highest BCUT2D eigenvalue weighted by Gasteiger charge is 2.31. The van der Waals surface area contributed by atoms with Gasteiger partial charge in [0.15, 0.2) is 11.5 Å². The van der Waals surface area contributed by atoms with Gasteiger partial charge < -0.3 is 14.6 Å². The topological polar surface area (TPSA) is 55.8 Å². The van der Waals surface area contributed by atoms with E-state index in [-0.39, 0.29) is 12.5 Å². The van der Waals surface area contributed by atoms with Crippen molar-refractivity contribution in [1.82, 2.24) is 0 Å². The van der Waals surface area contributed by atoms with Crippen LogP contribution in [0.15, 0.2) is 18.2 Å². The Kier molecular flexibility index (Phi) is 4.97. The molecule has 1 fully saturated rings. The van der Waals surface area contributed by atoms with Crippen molar-refractivity contribution in [2.75, 3.05) is 7.11 Å². The average molecular weight is 302 g/mol. The first-order valence-electron chi connectivity index (χ1n) is 7.53. The van der Waals surface area contributed by atoms with Crippen molar-refractivity contribution in [2.24, 2.45) is 5.41 Å². The summed E-state index contributed by atoms with van der Waals surface area (Å²) in [6, 6.07) is 5.48. The van der Waals surface area contributed by atoms with E-state index >= 15 is 0 Å². The van der Waals surface area contributed by atoms with Gasteiger partial charge in [0.05, 0.1) is 13.2 Å². The van der Waals surface area contributed by atoms with Crippen LogP contribution in [0.25, 0.3) is 0 Å². The molecule has 1 unspecified atom stereocenters. The second-order valence-corrected chi connectivity index (χ2v) is 5.97. The van der Waals surface area contributed by atoms with Crippen LogP contribution in [0.1, 0.15) is 38.2 Å². The highest BCUT2D eigenvalue weighted by Crippen LogP contribution is 2.34. The third kappa shape index (κ3) is 3.54. The maximum absolute atomic E-state index is 11.3. The minimum atomic E-state index is -1.22. The average Bonchev–Trinajstić information content (AvgIpc) is 3.00. The first kappa shape index (κ1) is 16.2. The molecule has 1 saturated carbocycles. The Morgan fingerprint density at radius 1 is 1.41 bits per heavy atom. The molecule has 118 valence electrons. The smallest absolute Gasteiger partial charge is 0.321 e. The second kappa shape index (κ2) is 6.74. The predicted molar refractivity (Wildman–Crippen MR) is 84.2 cm³/mol. The minimum absolute atomic E-state index is 0.211. The summed E-state index contributed by atoms with van der Waals surface area (Å²) >= 11 is 0. The molecule has 1 aliphatic rings. The molecule has 0 radical (unpaired) electrons. The van der Waals surface area contributed by atoms with Crippen LogP contribution in [0.3, 0.4) is 0 Å². The van der Waals surface area contributed by atoms with E-state index in [1.54, 1.807) is 20.1 Å². The fourth-order valence-corrected chi connectivity index (χ4v) is 2.71. The van der Waals surface area contributed by atoms with E-state index in [4.69, 9.17) is 15.9 Å². The number of methoxy groups -OCH3 is 1. The van der Waals surface area contributed by atoms with Crippen LogP contribution in [0.4, 0.5) is 0 Å². The van der Waals surface area contributed by atoms with Crippen LogP contribution in [-0.2, 0) is 11.2 Å². The summed E-state index contributed by atoms with van der Waals surface area (Å²) in [4.78, 5) is 11.3. The van der Waals surface area contributed by atoms with Crippen LogP contribution in [0, 0.1) is 17.8 Å². The van der Waals surface area contributed by atoms with Crippen LogP contribution in [0.2, 0.25) is 0 Å². The van der Waals surface area contributed by atoms with Crippen molar-refractivity contribution < 1.29 is 19.4 Å². The van der Waals surface area contributed by atoms with Gasteiger partial charge in [0.1, 0.15) is 5.41 Å². The minimum Gasteiger partial charge on any atom is -0.493 e. The molecule has 1 aliphatic carbocycles. The molecule has 0 amide bonds. The van der Waals surface area contributed by atoms with E-state index in [1.165, 1.54) is 12.8 Å². The fourth-order valence-electron chi connectivity index (χ4n) is 2.71. The Morgan fingerprint density at radius 3 is 2.64 bits per heavy atom. The SMILES string of the molecule is C#CC(C)(Cc1ccc(OC)c(OC2CCCC2)c1)C(=O)O. The highest BCUT2D eigenvalue weighted by molar-refractivity contribution is 5.78. The molecule has 1 aromatic carbocycles. The lowest BCUT2D eigenvalue weighted by atomic mass is 9.84. The zero-order valence-corrected chi connectivity index (χ0v) is 13.1. The Bertz CT molecular complexity index is 581. The van der Waals surface area contributed by atoms with Crippen molar-refractivity contribution in [3.8, 4) is 23.8 Å². The van der Waals surface area contributed by atoms with E-state index in [0.29, 0.717) is 11.5 Å². The van der Waals surface area contributed by atoms with Crippen molar-refractivity contribution in [3.63, 3.8) is 0 Å². The summed E-state index contributed by atoms with van der Waals surface area (Å²) in [5, 5.41) is 9.30. The van der Waals surface area contributed by atoms with Gasteiger partial charge in [-0.1, -0.05) is 12.0 Å². The molecule has 1 atom stereocenters. The summed E-state index contributed by atoms with van der Waals surface area (Å²) in [5.41, 5.74) is -0.393. The second-order valence-electron chi connectivity index (χ2n) is 5.97. The lowest BCUT2D eigenvalue weighted by Gasteiger charge is -2.20. The third-order valence-corrected chi connectivity index (χ3v) is 4.17. The Balaban J connectivity index is 2.22. The van der Waals surface area contributed by atoms with Crippen molar-refractivity contribution in [2.45, 2.75) is 45.1 Å². The van der Waals surface area contributed by atoms with E-state index in [1.807, 2.05) is 12.1 Å². The summed E-state index contributed by atoms with van der Waals surface area (Å²) in [6.07, 6.45) is 10.3. The van der Waals surface area contributed by atoms with E-state index in [2.05, 4.69) is 5.92 Å². The molecular weight excluding hydrogens is 280 g/mol. The summed E-state index contributed by atoms with van der Waals surface area (Å²) < 4.78 is 11.4. The number of benzene rings is 1. The number of carbonyl (C=O) groups is 1. The number of carboxylic acid groups (broad SMARTS) is 1. The molecule has 4 heteroatoms. The van der Waals surface area contributed by atoms with Crippen LogP contribution in [-0.4, -0.2) is 24.3 Å². The standard InChI is InChI=1S/C18H22O4/c1-4-18(2,17(19)20)12-13-9-10-15(21-3)16(11-13)22-14-7-5-6-8-14/h1,9-11,14H,5-8,12H2,2-3H3,(H,19,20). The summed E-state index contributed by atoms with van der Waals surface area (Å²) in [5.74, 6) is 2.70. The zero-order valence-electron chi connectivity index (χ0n) is 13.1. The van der Waals surface area contributed by atoms with Gasteiger partial charge in [0.2, 0.25) is 0 Å². The predicted octanol–water partition coefficient (Wildman–Crippen LogP) is 3.28. The molecule has 1 aromatic rings. The molecule has 0 saturated heterocycles. The van der Waals surface area contributed by atoms with Gasteiger partial charge in [0.25, 0.3) is 0 Å². The normalized spacial score (nSPS) is 17.5. The Morgan fingerprint density at radius 2 is 2.09 bits per heavy atom. The van der Waals surface area contributed by atoms with Crippen LogP contribution < -0.4 is 9.47 Å². The van der Waals surface area contributed by atoms with E-state index in [0.717, 1.165) is 18.4 Å². The van der Waals surface area contributed by atoms with Gasteiger partial charge in [-0.15, -0.1) is 6.42 Å². The molecule has 1 N–H and O–H groups in total. The Labute approximate surface area is 131 Å². The van der Waals surface area contributed by atoms with Gasteiger partial charge in [-0.2, -0.15) is 0 Å². The molecule has 0 aromatic heterocycles. The first-order chi connectivity index (χ1) is 10.5. The lowest BCUT2D eigenvalue weighted by molar-refractivity contribution is -0.144. The maximum Gasteiger partial charge on any atom is 0.321 e. The molecule has 0 heterocycles. The van der Waals surface area contributed by atoms with Crippen molar-refractivity contribution >= 4 is 5.97 Å². The molecular formula is C18H22O4. The quantitative estimate of drug-likeness (QED) is 0.819. The molecule has 4 nitrogen and oxygen atoms in total. The van der Waals surface area contributed by atoms with Gasteiger partial charge in [-0.05, 0) is 56.7 Å². The molecule has 2 rings (SSSR count). The lowest BCUT2D eigenvalue weighted by Crippen LogP contribution is -2.28. The Hall–Kier alpha value is -2.15. The number of ether oxygens (including phenoxy) is 2. The number of carboxylic acids is 1. The summed E-state index contributed by atoms with van der Waals surface area (Å²) in [7, 11) is 1.60.